The maximum Gasteiger partial charge on any atom is 0.242 e. The van der Waals surface area contributed by atoms with Gasteiger partial charge in [-0.15, -0.1) is 0 Å². The summed E-state index contributed by atoms with van der Waals surface area (Å²) in [5.74, 6) is -0.369. The molecule has 2 rings (SSSR count). The largest absolute Gasteiger partial charge is 0.360 e. The van der Waals surface area contributed by atoms with Crippen molar-refractivity contribution in [2.45, 2.75) is 19.9 Å². The van der Waals surface area contributed by atoms with Crippen LogP contribution in [0.4, 0.5) is 10.1 Å². The van der Waals surface area contributed by atoms with Crippen LogP contribution in [0.2, 0.25) is 0 Å². The maximum atomic E-state index is 13.1. The van der Waals surface area contributed by atoms with Crippen LogP contribution in [0.15, 0.2) is 24.3 Å². The van der Waals surface area contributed by atoms with Crippen molar-refractivity contribution in [3.8, 4) is 0 Å². The molecule has 0 atom stereocenters. The molecule has 1 aliphatic rings. The number of hydrogen-bond acceptors (Lipinski definition) is 4. The highest BCUT2D eigenvalue weighted by Crippen LogP contribution is 2.18. The number of nitrogens with zero attached hydrogens (tertiary/aromatic N) is 3. The molecule has 0 radical (unpaired) electrons. The van der Waals surface area contributed by atoms with Gasteiger partial charge in [-0.05, 0) is 38.1 Å². The van der Waals surface area contributed by atoms with Crippen LogP contribution < -0.4 is 4.90 Å². The van der Waals surface area contributed by atoms with E-state index in [9.17, 15) is 17.6 Å². The predicted molar refractivity (Wildman–Crippen MR) is 91.9 cm³/mol. The van der Waals surface area contributed by atoms with Crippen molar-refractivity contribution >= 4 is 21.6 Å². The van der Waals surface area contributed by atoms with E-state index in [0.29, 0.717) is 26.2 Å². The molecule has 134 valence electrons. The third-order valence-corrected chi connectivity index (χ3v) is 5.45. The first-order valence-electron chi connectivity index (χ1n) is 7.93. The van der Waals surface area contributed by atoms with Crippen LogP contribution in [0.3, 0.4) is 0 Å². The molecule has 1 heterocycles. The highest BCUT2D eigenvalue weighted by atomic mass is 32.2. The van der Waals surface area contributed by atoms with Crippen LogP contribution in [0, 0.1) is 5.82 Å². The molecule has 8 heteroatoms. The first kappa shape index (κ1) is 18.7. The fraction of sp³-hybridized carbons (Fsp3) is 0.562. The number of halogens is 1. The van der Waals surface area contributed by atoms with E-state index in [1.165, 1.54) is 22.7 Å². The normalized spacial score (nSPS) is 16.5. The van der Waals surface area contributed by atoms with Gasteiger partial charge in [0.2, 0.25) is 15.9 Å². The molecule has 6 nitrogen and oxygen atoms in total. The van der Waals surface area contributed by atoms with E-state index in [-0.39, 0.29) is 24.3 Å². The molecule has 1 aromatic rings. The number of benzene rings is 1. The Labute approximate surface area is 142 Å². The summed E-state index contributed by atoms with van der Waals surface area (Å²) in [5.41, 5.74) is 0.787. The van der Waals surface area contributed by atoms with E-state index in [0.717, 1.165) is 5.69 Å². The maximum absolute atomic E-state index is 13.1. The Morgan fingerprint density at radius 3 is 2.17 bits per heavy atom. The zero-order chi connectivity index (χ0) is 17.9. The van der Waals surface area contributed by atoms with E-state index in [2.05, 4.69) is 0 Å². The molecule has 0 N–H and O–H groups in total. The van der Waals surface area contributed by atoms with Crippen molar-refractivity contribution in [1.29, 1.82) is 0 Å². The average Bonchev–Trinajstić information content (AvgIpc) is 2.52. The van der Waals surface area contributed by atoms with Gasteiger partial charge in [0.05, 0.1) is 12.8 Å². The Kier molecular flexibility index (Phi) is 5.82. The van der Waals surface area contributed by atoms with Gasteiger partial charge in [0.25, 0.3) is 0 Å². The van der Waals surface area contributed by atoms with E-state index < -0.39 is 10.0 Å². The lowest BCUT2D eigenvalue weighted by atomic mass is 10.2. The lowest BCUT2D eigenvalue weighted by molar-refractivity contribution is -0.130. The second-order valence-corrected chi connectivity index (χ2v) is 8.22. The highest BCUT2D eigenvalue weighted by molar-refractivity contribution is 7.88. The van der Waals surface area contributed by atoms with E-state index in [1.54, 1.807) is 17.0 Å². The first-order valence-corrected chi connectivity index (χ1v) is 9.78. The van der Waals surface area contributed by atoms with Gasteiger partial charge in [-0.25, -0.2) is 12.8 Å². The van der Waals surface area contributed by atoms with Crippen molar-refractivity contribution in [2.75, 3.05) is 43.9 Å². The number of piperazine rings is 1. The number of hydrogen-bond donors (Lipinski definition) is 0. The molecule has 24 heavy (non-hydrogen) atoms. The van der Waals surface area contributed by atoms with Gasteiger partial charge in [-0.2, -0.15) is 4.31 Å². The number of carbonyl (C=O) groups excluding carboxylic acids is 1. The molecule has 0 aliphatic carbocycles. The standard InChI is InChI=1S/C16H24FN3O3S/c1-13(2)20(15-6-4-14(17)5-7-15)12-16(21)18-8-10-19(11-9-18)24(3,22)23/h4-7,13H,8-12H2,1-3H3. The summed E-state index contributed by atoms with van der Waals surface area (Å²) in [4.78, 5) is 16.1. The lowest BCUT2D eigenvalue weighted by Crippen LogP contribution is -2.53. The van der Waals surface area contributed by atoms with E-state index in [4.69, 9.17) is 0 Å². The van der Waals surface area contributed by atoms with Gasteiger partial charge in [0.15, 0.2) is 0 Å². The van der Waals surface area contributed by atoms with Gasteiger partial charge < -0.3 is 9.80 Å². The minimum Gasteiger partial charge on any atom is -0.360 e. The molecule has 0 spiro atoms. The molecule has 1 saturated heterocycles. The average molecular weight is 357 g/mol. The Hall–Kier alpha value is -1.67. The molecule has 1 amide bonds. The van der Waals surface area contributed by atoms with Crippen LogP contribution in [-0.4, -0.2) is 68.6 Å². The van der Waals surface area contributed by atoms with Gasteiger partial charge in [-0.1, -0.05) is 0 Å². The zero-order valence-electron chi connectivity index (χ0n) is 14.3. The SMILES string of the molecule is CC(C)N(CC(=O)N1CCN(S(C)(=O)=O)CC1)c1ccc(F)cc1. The van der Waals surface area contributed by atoms with E-state index in [1.807, 2.05) is 18.7 Å². The number of sulfonamides is 1. The number of rotatable bonds is 5. The number of amides is 1. The molecule has 1 fully saturated rings. The van der Waals surface area contributed by atoms with Gasteiger partial charge >= 0.3 is 0 Å². The molecule has 1 aromatic carbocycles. The Balaban J connectivity index is 2.00. The summed E-state index contributed by atoms with van der Waals surface area (Å²) in [6.07, 6.45) is 1.18. The summed E-state index contributed by atoms with van der Waals surface area (Å²) in [7, 11) is -3.21. The van der Waals surface area contributed by atoms with Crippen LogP contribution in [0.1, 0.15) is 13.8 Å². The molecular weight excluding hydrogens is 333 g/mol. The second-order valence-electron chi connectivity index (χ2n) is 6.24. The molecule has 1 aliphatic heterocycles. The lowest BCUT2D eigenvalue weighted by Gasteiger charge is -2.36. The minimum absolute atomic E-state index is 0.0545. The van der Waals surface area contributed by atoms with Crippen molar-refractivity contribution in [3.05, 3.63) is 30.1 Å². The quantitative estimate of drug-likeness (QED) is 0.793. The van der Waals surface area contributed by atoms with Crippen molar-refractivity contribution in [1.82, 2.24) is 9.21 Å². The Bertz CT molecular complexity index is 668. The molecule has 0 bridgehead atoms. The molecule has 0 saturated carbocycles. The Morgan fingerprint density at radius 2 is 1.71 bits per heavy atom. The van der Waals surface area contributed by atoms with Crippen molar-refractivity contribution in [3.63, 3.8) is 0 Å². The zero-order valence-corrected chi connectivity index (χ0v) is 15.1. The topological polar surface area (TPSA) is 60.9 Å². The van der Waals surface area contributed by atoms with Crippen LogP contribution in [0.25, 0.3) is 0 Å². The number of anilines is 1. The van der Waals surface area contributed by atoms with Gasteiger partial charge in [0.1, 0.15) is 5.82 Å². The third kappa shape index (κ3) is 4.67. The summed E-state index contributed by atoms with van der Waals surface area (Å²) in [6, 6.07) is 6.14. The fourth-order valence-electron chi connectivity index (χ4n) is 2.72. The molecular formula is C16H24FN3O3S. The first-order chi connectivity index (χ1) is 11.2. The molecule has 0 unspecified atom stereocenters. The smallest absolute Gasteiger partial charge is 0.242 e. The highest BCUT2D eigenvalue weighted by Gasteiger charge is 2.27. The van der Waals surface area contributed by atoms with Crippen molar-refractivity contribution in [2.24, 2.45) is 0 Å². The van der Waals surface area contributed by atoms with Crippen molar-refractivity contribution < 1.29 is 17.6 Å². The molecule has 0 aromatic heterocycles. The summed E-state index contributed by atoms with van der Waals surface area (Å²) in [6.45, 7) is 5.55. The fourth-order valence-corrected chi connectivity index (χ4v) is 3.55. The predicted octanol–water partition coefficient (Wildman–Crippen LogP) is 1.14. The van der Waals surface area contributed by atoms with Gasteiger partial charge in [0, 0.05) is 37.9 Å². The minimum atomic E-state index is -3.21. The summed E-state index contributed by atoms with van der Waals surface area (Å²) >= 11 is 0. The third-order valence-electron chi connectivity index (χ3n) is 4.15. The monoisotopic (exact) mass is 357 g/mol. The van der Waals surface area contributed by atoms with Crippen LogP contribution in [-0.2, 0) is 14.8 Å². The van der Waals surface area contributed by atoms with Crippen LogP contribution >= 0.6 is 0 Å². The number of carbonyl (C=O) groups is 1. The van der Waals surface area contributed by atoms with Gasteiger partial charge in [-0.3, -0.25) is 4.79 Å². The Morgan fingerprint density at radius 1 is 1.17 bits per heavy atom. The summed E-state index contributed by atoms with van der Waals surface area (Å²) in [5, 5.41) is 0. The second kappa shape index (κ2) is 7.48. The van der Waals surface area contributed by atoms with Crippen LogP contribution in [0.5, 0.6) is 0 Å². The van der Waals surface area contributed by atoms with E-state index >= 15 is 0 Å². The summed E-state index contributed by atoms with van der Waals surface area (Å²) < 4.78 is 37.5.